The molecule has 2 unspecified atom stereocenters. The quantitative estimate of drug-likeness (QED) is 0.818. The first kappa shape index (κ1) is 16.0. The number of rotatable bonds is 6. The van der Waals surface area contributed by atoms with Crippen LogP contribution in [-0.4, -0.2) is 40.9 Å². The highest BCUT2D eigenvalue weighted by Gasteiger charge is 2.28. The lowest BCUT2D eigenvalue weighted by Gasteiger charge is -2.28. The third-order valence-corrected chi connectivity index (χ3v) is 4.13. The van der Waals surface area contributed by atoms with Crippen LogP contribution in [0.1, 0.15) is 18.4 Å². The normalized spacial score (nSPS) is 13.6. The molecule has 104 valence electrons. The van der Waals surface area contributed by atoms with Crippen molar-refractivity contribution >= 4 is 34.9 Å². The summed E-state index contributed by atoms with van der Waals surface area (Å²) in [7, 11) is 1.80. The van der Waals surface area contributed by atoms with Gasteiger partial charge in [-0.2, -0.15) is 11.8 Å². The van der Waals surface area contributed by atoms with Crippen molar-refractivity contribution in [2.75, 3.05) is 19.1 Å². The topological polar surface area (TPSA) is 46.3 Å². The number of carbonyl (C=O) groups excluding carboxylic acids is 1. The van der Waals surface area contributed by atoms with Crippen LogP contribution in [0.4, 0.5) is 0 Å². The van der Waals surface area contributed by atoms with Crippen molar-refractivity contribution < 1.29 is 4.79 Å². The molecule has 2 atom stereocenters. The molecule has 5 heteroatoms. The Morgan fingerprint density at radius 3 is 2.47 bits per heavy atom. The average Bonchev–Trinajstić information content (AvgIpc) is 2.39. The molecule has 1 amide bonds. The van der Waals surface area contributed by atoms with Gasteiger partial charge in [-0.05, 0) is 18.7 Å². The van der Waals surface area contributed by atoms with E-state index in [0.29, 0.717) is 0 Å². The van der Waals surface area contributed by atoms with Crippen LogP contribution in [0, 0.1) is 0 Å². The van der Waals surface area contributed by atoms with Crippen molar-refractivity contribution in [2.24, 2.45) is 5.73 Å². The Labute approximate surface area is 124 Å². The van der Waals surface area contributed by atoms with Gasteiger partial charge in [-0.15, -0.1) is 0 Å². The van der Waals surface area contributed by atoms with Crippen molar-refractivity contribution in [3.8, 4) is 0 Å². The molecule has 3 nitrogen and oxygen atoms in total. The van der Waals surface area contributed by atoms with E-state index in [0.717, 1.165) is 11.3 Å². The minimum absolute atomic E-state index is 0.0414. The second-order valence-corrected chi connectivity index (χ2v) is 5.88. The van der Waals surface area contributed by atoms with Gasteiger partial charge in [0.05, 0.1) is 4.99 Å². The number of benzene rings is 1. The van der Waals surface area contributed by atoms with Crippen LogP contribution in [0.5, 0.6) is 0 Å². The molecule has 0 saturated heterocycles. The predicted octanol–water partition coefficient (Wildman–Crippen LogP) is 2.27. The van der Waals surface area contributed by atoms with Crippen LogP contribution >= 0.6 is 24.0 Å². The van der Waals surface area contributed by atoms with Crippen molar-refractivity contribution in [3.05, 3.63) is 35.9 Å². The third-order valence-electron chi connectivity index (χ3n) is 3.08. The van der Waals surface area contributed by atoms with Crippen LogP contribution in [0.25, 0.3) is 0 Å². The first-order chi connectivity index (χ1) is 8.99. The number of amides is 1. The summed E-state index contributed by atoms with van der Waals surface area (Å²) < 4.78 is 0. The van der Waals surface area contributed by atoms with Gasteiger partial charge in [0, 0.05) is 18.8 Å². The zero-order valence-electron chi connectivity index (χ0n) is 11.5. The lowest BCUT2D eigenvalue weighted by Crippen LogP contribution is -2.43. The number of likely N-dealkylation sites (N-methyl/N-ethyl adjacent to an activating group) is 1. The molecule has 0 saturated carbocycles. The molecule has 0 aliphatic heterocycles. The maximum absolute atomic E-state index is 12.6. The Hall–Kier alpha value is -1.07. The number of thioether (sulfide) groups is 1. The van der Waals surface area contributed by atoms with E-state index in [2.05, 4.69) is 0 Å². The van der Waals surface area contributed by atoms with Gasteiger partial charge in [-0.25, -0.2) is 0 Å². The van der Waals surface area contributed by atoms with Gasteiger partial charge in [0.25, 0.3) is 0 Å². The fourth-order valence-electron chi connectivity index (χ4n) is 1.85. The maximum Gasteiger partial charge on any atom is 0.236 e. The van der Waals surface area contributed by atoms with Crippen LogP contribution in [-0.2, 0) is 4.79 Å². The van der Waals surface area contributed by atoms with Gasteiger partial charge >= 0.3 is 0 Å². The smallest absolute Gasteiger partial charge is 0.236 e. The summed E-state index contributed by atoms with van der Waals surface area (Å²) in [4.78, 5) is 14.5. The summed E-state index contributed by atoms with van der Waals surface area (Å²) >= 11 is 6.78. The van der Waals surface area contributed by atoms with Crippen molar-refractivity contribution in [1.29, 1.82) is 0 Å². The molecule has 1 aromatic rings. The number of hydrogen-bond donors (Lipinski definition) is 1. The molecule has 1 rings (SSSR count). The van der Waals surface area contributed by atoms with Crippen LogP contribution in [0.15, 0.2) is 30.3 Å². The van der Waals surface area contributed by atoms with E-state index in [-0.39, 0.29) is 16.9 Å². The van der Waals surface area contributed by atoms with Gasteiger partial charge in [0.1, 0.15) is 5.92 Å². The number of carbonyl (C=O) groups is 1. The van der Waals surface area contributed by atoms with Crippen LogP contribution < -0.4 is 5.73 Å². The zero-order valence-corrected chi connectivity index (χ0v) is 13.1. The first-order valence-corrected chi connectivity index (χ1v) is 7.89. The lowest BCUT2D eigenvalue weighted by atomic mass is 9.97. The van der Waals surface area contributed by atoms with Crippen molar-refractivity contribution in [1.82, 2.24) is 4.90 Å². The van der Waals surface area contributed by atoms with Crippen LogP contribution in [0.2, 0.25) is 0 Å². The van der Waals surface area contributed by atoms with E-state index in [4.69, 9.17) is 18.0 Å². The van der Waals surface area contributed by atoms with E-state index in [1.54, 1.807) is 23.7 Å². The molecular weight excluding hydrogens is 276 g/mol. The molecule has 2 N–H and O–H groups in total. The Balaban J connectivity index is 2.95. The number of nitrogens with zero attached hydrogens (tertiary/aromatic N) is 1. The molecule has 0 spiro atoms. The fourth-order valence-corrected chi connectivity index (χ4v) is 2.79. The molecular formula is C14H20N2OS2. The summed E-state index contributed by atoms with van der Waals surface area (Å²) in [6.07, 6.45) is 2.02. The third kappa shape index (κ3) is 4.21. The van der Waals surface area contributed by atoms with E-state index in [1.807, 2.05) is 43.5 Å². The minimum Gasteiger partial charge on any atom is -0.392 e. The number of thiocarbonyl (C=S) groups is 1. The monoisotopic (exact) mass is 296 g/mol. The fraction of sp³-hybridized carbons (Fsp3) is 0.429. The SMILES string of the molecule is CSCC(C)N(C)C(=O)C(C(N)=S)c1ccccc1. The Bertz CT molecular complexity index is 436. The lowest BCUT2D eigenvalue weighted by molar-refractivity contribution is -0.131. The number of hydrogen-bond acceptors (Lipinski definition) is 3. The Morgan fingerprint density at radius 2 is 2.00 bits per heavy atom. The molecule has 0 aromatic heterocycles. The Kier molecular flexibility index (Phi) is 6.31. The summed E-state index contributed by atoms with van der Waals surface area (Å²) in [5, 5.41) is 0. The highest BCUT2D eigenvalue weighted by atomic mass is 32.2. The zero-order chi connectivity index (χ0) is 14.4. The van der Waals surface area contributed by atoms with Crippen LogP contribution in [0.3, 0.4) is 0 Å². The van der Waals surface area contributed by atoms with Crippen molar-refractivity contribution in [3.63, 3.8) is 0 Å². The summed E-state index contributed by atoms with van der Waals surface area (Å²) in [6, 6.07) is 9.61. The van der Waals surface area contributed by atoms with E-state index < -0.39 is 5.92 Å². The van der Waals surface area contributed by atoms with E-state index in [9.17, 15) is 4.79 Å². The molecule has 0 radical (unpaired) electrons. The number of nitrogens with two attached hydrogens (primary N) is 1. The van der Waals surface area contributed by atoms with Gasteiger partial charge < -0.3 is 10.6 Å². The van der Waals surface area contributed by atoms with E-state index in [1.165, 1.54) is 0 Å². The maximum atomic E-state index is 12.6. The molecule has 0 aliphatic carbocycles. The second-order valence-electron chi connectivity index (χ2n) is 4.50. The molecule has 0 fully saturated rings. The standard InChI is InChI=1S/C14H20N2OS2/c1-10(9-19-3)16(2)14(17)12(13(15)18)11-7-5-4-6-8-11/h4-8,10,12H,9H2,1-3H3,(H2,15,18). The summed E-state index contributed by atoms with van der Waals surface area (Å²) in [5.41, 5.74) is 6.61. The van der Waals surface area contributed by atoms with Gasteiger partial charge in [-0.3, -0.25) is 4.79 Å². The van der Waals surface area contributed by atoms with Crippen molar-refractivity contribution in [2.45, 2.75) is 18.9 Å². The van der Waals surface area contributed by atoms with Gasteiger partial charge in [0.2, 0.25) is 5.91 Å². The van der Waals surface area contributed by atoms with Gasteiger partial charge in [0.15, 0.2) is 0 Å². The van der Waals surface area contributed by atoms with Gasteiger partial charge in [-0.1, -0.05) is 42.5 Å². The molecule has 0 aliphatic rings. The minimum atomic E-state index is -0.537. The molecule has 1 aromatic carbocycles. The summed E-state index contributed by atoms with van der Waals surface area (Å²) in [6.45, 7) is 2.02. The Morgan fingerprint density at radius 1 is 1.42 bits per heavy atom. The first-order valence-electron chi connectivity index (χ1n) is 6.09. The second kappa shape index (κ2) is 7.50. The molecule has 0 bridgehead atoms. The predicted molar refractivity (Wildman–Crippen MR) is 86.6 cm³/mol. The molecule has 19 heavy (non-hydrogen) atoms. The summed E-state index contributed by atoms with van der Waals surface area (Å²) in [5.74, 6) is 0.312. The highest BCUT2D eigenvalue weighted by Crippen LogP contribution is 2.20. The average molecular weight is 296 g/mol. The van der Waals surface area contributed by atoms with E-state index >= 15 is 0 Å². The molecule has 0 heterocycles. The highest BCUT2D eigenvalue weighted by molar-refractivity contribution is 7.98. The largest absolute Gasteiger partial charge is 0.392 e.